The van der Waals surface area contributed by atoms with Gasteiger partial charge >= 0.3 is 0 Å². The quantitative estimate of drug-likeness (QED) is 0.472. The van der Waals surface area contributed by atoms with Crippen molar-refractivity contribution in [2.75, 3.05) is 24.5 Å². The molecule has 0 saturated carbocycles. The minimum atomic E-state index is 0.0588. The normalized spacial score (nSPS) is 15.3. The van der Waals surface area contributed by atoms with Gasteiger partial charge in [0, 0.05) is 25.3 Å². The van der Waals surface area contributed by atoms with Crippen LogP contribution in [0.25, 0.3) is 0 Å². The fourth-order valence-corrected chi connectivity index (χ4v) is 2.99. The van der Waals surface area contributed by atoms with E-state index in [4.69, 9.17) is 9.41 Å². The second-order valence-electron chi connectivity index (χ2n) is 6.56. The van der Waals surface area contributed by atoms with Crippen LogP contribution in [-0.4, -0.2) is 25.6 Å². The Labute approximate surface area is 155 Å². The first kappa shape index (κ1) is 18.1. The maximum atomic E-state index is 5.70. The van der Waals surface area contributed by atoms with Crippen molar-refractivity contribution in [3.8, 4) is 0 Å². The van der Waals surface area contributed by atoms with Gasteiger partial charge in [-0.15, -0.1) is 0 Å². The van der Waals surface area contributed by atoms with Crippen LogP contribution in [0.4, 0.5) is 5.69 Å². The van der Waals surface area contributed by atoms with E-state index in [2.05, 4.69) is 65.8 Å². The number of hydrogen-bond donors (Lipinski definition) is 2. The molecule has 2 heterocycles. The van der Waals surface area contributed by atoms with Crippen molar-refractivity contribution in [3.63, 3.8) is 0 Å². The van der Waals surface area contributed by atoms with Gasteiger partial charge in [-0.25, -0.2) is 4.99 Å². The molecular weight excluding hydrogens is 324 g/mol. The van der Waals surface area contributed by atoms with E-state index in [1.807, 2.05) is 19.1 Å². The van der Waals surface area contributed by atoms with E-state index in [-0.39, 0.29) is 6.04 Å². The number of nitrogens with zero attached hydrogens (tertiary/aromatic N) is 2. The second-order valence-corrected chi connectivity index (χ2v) is 6.56. The molecule has 2 aromatic rings. The number of rotatable bonds is 6. The molecule has 1 aromatic heterocycles. The summed E-state index contributed by atoms with van der Waals surface area (Å²) in [6, 6.07) is 12.7. The monoisotopic (exact) mass is 352 g/mol. The highest BCUT2D eigenvalue weighted by Gasteiger charge is 2.11. The zero-order valence-electron chi connectivity index (χ0n) is 15.8. The van der Waals surface area contributed by atoms with E-state index in [9.17, 15) is 0 Å². The fraction of sp³-hybridized carbons (Fsp3) is 0.381. The molecular formula is C21H28N4O. The minimum Gasteiger partial charge on any atom is -0.464 e. The molecule has 0 bridgehead atoms. The van der Waals surface area contributed by atoms with Crippen LogP contribution in [0.1, 0.15) is 37.0 Å². The molecule has 1 aliphatic rings. The lowest BCUT2D eigenvalue weighted by Gasteiger charge is -2.18. The Morgan fingerprint density at radius 3 is 2.73 bits per heavy atom. The van der Waals surface area contributed by atoms with Gasteiger partial charge in [-0.2, -0.15) is 0 Å². The number of benzene rings is 1. The topological polar surface area (TPSA) is 52.8 Å². The van der Waals surface area contributed by atoms with Crippen molar-refractivity contribution in [1.82, 2.24) is 10.6 Å². The lowest BCUT2D eigenvalue weighted by atomic mass is 10.2. The third-order valence-electron chi connectivity index (χ3n) is 4.40. The molecule has 5 heteroatoms. The van der Waals surface area contributed by atoms with E-state index >= 15 is 0 Å². The second kappa shape index (κ2) is 8.61. The van der Waals surface area contributed by atoms with Crippen LogP contribution in [0.5, 0.6) is 0 Å². The van der Waals surface area contributed by atoms with Gasteiger partial charge in [0.1, 0.15) is 11.5 Å². The van der Waals surface area contributed by atoms with Crippen LogP contribution in [0, 0.1) is 6.92 Å². The van der Waals surface area contributed by atoms with Gasteiger partial charge in [-0.3, -0.25) is 0 Å². The summed E-state index contributed by atoms with van der Waals surface area (Å²) in [5, 5.41) is 6.72. The van der Waals surface area contributed by atoms with Gasteiger partial charge in [0.05, 0.1) is 12.6 Å². The lowest BCUT2D eigenvalue weighted by molar-refractivity contribution is 0.441. The van der Waals surface area contributed by atoms with Gasteiger partial charge in [-0.05, 0) is 50.6 Å². The molecule has 1 atom stereocenters. The average Bonchev–Trinajstić information content (AvgIpc) is 3.32. The molecule has 0 radical (unpaired) electrons. The van der Waals surface area contributed by atoms with Crippen LogP contribution in [0.15, 0.2) is 58.0 Å². The Bertz CT molecular complexity index is 770. The highest BCUT2D eigenvalue weighted by atomic mass is 16.3. The Morgan fingerprint density at radius 2 is 2.04 bits per heavy atom. The van der Waals surface area contributed by atoms with Crippen molar-refractivity contribution in [3.05, 3.63) is 65.6 Å². The molecule has 26 heavy (non-hydrogen) atoms. The molecule has 0 fully saturated rings. The predicted octanol–water partition coefficient (Wildman–Crippen LogP) is 3.78. The molecule has 1 unspecified atom stereocenters. The number of anilines is 1. The molecule has 138 valence electrons. The standard InChI is InChI=1S/C21H28N4O/c1-4-22-21(24-17(3)20-11-10-16(2)26-20)23-15-18-8-7-9-19(14-18)25-12-5-6-13-25/h5-11,14,17H,4,12-13,15H2,1-3H3,(H2,22,23,24). The fourth-order valence-electron chi connectivity index (χ4n) is 2.99. The Morgan fingerprint density at radius 1 is 1.23 bits per heavy atom. The summed E-state index contributed by atoms with van der Waals surface area (Å²) in [5.74, 6) is 2.63. The zero-order valence-corrected chi connectivity index (χ0v) is 15.8. The van der Waals surface area contributed by atoms with Gasteiger partial charge in [0.2, 0.25) is 0 Å². The first-order chi connectivity index (χ1) is 12.7. The number of aliphatic imine (C=N–C) groups is 1. The van der Waals surface area contributed by atoms with Crippen LogP contribution in [-0.2, 0) is 6.54 Å². The first-order valence-electron chi connectivity index (χ1n) is 9.25. The third-order valence-corrected chi connectivity index (χ3v) is 4.40. The van der Waals surface area contributed by atoms with Crippen molar-refractivity contribution in [2.24, 2.45) is 4.99 Å². The Kier molecular flexibility index (Phi) is 6.00. The number of furan rings is 1. The van der Waals surface area contributed by atoms with Crippen LogP contribution < -0.4 is 15.5 Å². The van der Waals surface area contributed by atoms with E-state index in [1.54, 1.807) is 0 Å². The SMILES string of the molecule is CCNC(=NCc1cccc(N2CC=CC2)c1)NC(C)c1ccc(C)o1. The average molecular weight is 352 g/mol. The van der Waals surface area contributed by atoms with Gasteiger partial charge in [0.25, 0.3) is 0 Å². The van der Waals surface area contributed by atoms with Gasteiger partial charge < -0.3 is 20.0 Å². The number of hydrogen-bond acceptors (Lipinski definition) is 3. The Balaban J connectivity index is 1.66. The summed E-state index contributed by atoms with van der Waals surface area (Å²) in [6.07, 6.45) is 4.41. The van der Waals surface area contributed by atoms with Crippen molar-refractivity contribution in [1.29, 1.82) is 0 Å². The predicted molar refractivity (Wildman–Crippen MR) is 108 cm³/mol. The molecule has 5 nitrogen and oxygen atoms in total. The summed E-state index contributed by atoms with van der Waals surface area (Å²) in [4.78, 5) is 7.09. The van der Waals surface area contributed by atoms with Crippen LogP contribution >= 0.6 is 0 Å². The maximum absolute atomic E-state index is 5.70. The number of nitrogens with one attached hydrogen (secondary N) is 2. The maximum Gasteiger partial charge on any atom is 0.192 e. The highest BCUT2D eigenvalue weighted by molar-refractivity contribution is 5.80. The molecule has 0 spiro atoms. The van der Waals surface area contributed by atoms with Gasteiger partial charge in [-0.1, -0.05) is 24.3 Å². The van der Waals surface area contributed by atoms with Crippen molar-refractivity contribution in [2.45, 2.75) is 33.4 Å². The smallest absolute Gasteiger partial charge is 0.192 e. The summed E-state index contributed by atoms with van der Waals surface area (Å²) in [7, 11) is 0. The molecule has 3 rings (SSSR count). The minimum absolute atomic E-state index is 0.0588. The zero-order chi connectivity index (χ0) is 18.4. The summed E-state index contributed by atoms with van der Waals surface area (Å²) >= 11 is 0. The van der Waals surface area contributed by atoms with Crippen molar-refractivity contribution < 1.29 is 4.42 Å². The molecule has 1 aliphatic heterocycles. The first-order valence-corrected chi connectivity index (χ1v) is 9.25. The van der Waals surface area contributed by atoms with E-state index in [1.165, 1.54) is 11.3 Å². The van der Waals surface area contributed by atoms with E-state index in [0.717, 1.165) is 37.1 Å². The molecule has 0 saturated heterocycles. The summed E-state index contributed by atoms with van der Waals surface area (Å²) in [6.45, 7) is 9.52. The van der Waals surface area contributed by atoms with Crippen LogP contribution in [0.2, 0.25) is 0 Å². The summed E-state index contributed by atoms with van der Waals surface area (Å²) < 4.78 is 5.70. The molecule has 0 aliphatic carbocycles. The highest BCUT2D eigenvalue weighted by Crippen LogP contribution is 2.19. The number of aryl methyl sites for hydroxylation is 1. The largest absolute Gasteiger partial charge is 0.464 e. The summed E-state index contributed by atoms with van der Waals surface area (Å²) in [5.41, 5.74) is 2.45. The lowest BCUT2D eigenvalue weighted by Crippen LogP contribution is -2.38. The van der Waals surface area contributed by atoms with E-state index < -0.39 is 0 Å². The Hall–Kier alpha value is -2.69. The third kappa shape index (κ3) is 4.69. The molecule has 1 aromatic carbocycles. The van der Waals surface area contributed by atoms with Crippen LogP contribution in [0.3, 0.4) is 0 Å². The van der Waals surface area contributed by atoms with E-state index in [0.29, 0.717) is 6.54 Å². The molecule has 0 amide bonds. The molecule has 2 N–H and O–H groups in total. The van der Waals surface area contributed by atoms with Crippen molar-refractivity contribution >= 4 is 11.6 Å². The number of guanidine groups is 1. The van der Waals surface area contributed by atoms with Gasteiger partial charge in [0.15, 0.2) is 5.96 Å².